The molecule has 110 valence electrons. The quantitative estimate of drug-likeness (QED) is 0.643. The first-order chi connectivity index (χ1) is 9.99. The van der Waals surface area contributed by atoms with Crippen molar-refractivity contribution in [1.82, 2.24) is 15.0 Å². The Hall–Kier alpha value is -2.77. The molecule has 8 heteroatoms. The molecule has 0 spiro atoms. The van der Waals surface area contributed by atoms with Crippen LogP contribution in [0.5, 0.6) is 0 Å². The SMILES string of the molecule is Cc1cccnc1Nc1ncnc(NC(C)C)c1[N+](=O)[O-]. The monoisotopic (exact) mass is 288 g/mol. The highest BCUT2D eigenvalue weighted by molar-refractivity contribution is 5.73. The van der Waals surface area contributed by atoms with Gasteiger partial charge in [-0.3, -0.25) is 10.1 Å². The second-order valence-corrected chi connectivity index (χ2v) is 4.77. The Morgan fingerprint density at radius 3 is 2.52 bits per heavy atom. The maximum atomic E-state index is 11.3. The van der Waals surface area contributed by atoms with E-state index in [9.17, 15) is 10.1 Å². The van der Waals surface area contributed by atoms with Crippen molar-refractivity contribution in [3.8, 4) is 0 Å². The minimum atomic E-state index is -0.509. The number of aryl methyl sites for hydroxylation is 1. The summed E-state index contributed by atoms with van der Waals surface area (Å²) in [6.07, 6.45) is 2.88. The number of nitro groups is 1. The van der Waals surface area contributed by atoms with Crippen LogP contribution in [-0.2, 0) is 0 Å². The first-order valence-electron chi connectivity index (χ1n) is 6.43. The van der Waals surface area contributed by atoms with Crippen molar-refractivity contribution in [2.24, 2.45) is 0 Å². The fourth-order valence-electron chi connectivity index (χ4n) is 1.75. The van der Waals surface area contributed by atoms with Gasteiger partial charge in [0, 0.05) is 12.2 Å². The molecule has 0 atom stereocenters. The van der Waals surface area contributed by atoms with Gasteiger partial charge in [-0.1, -0.05) is 6.07 Å². The van der Waals surface area contributed by atoms with E-state index in [0.717, 1.165) is 5.56 Å². The van der Waals surface area contributed by atoms with E-state index < -0.39 is 4.92 Å². The van der Waals surface area contributed by atoms with E-state index in [1.165, 1.54) is 6.33 Å². The Morgan fingerprint density at radius 2 is 1.90 bits per heavy atom. The predicted molar refractivity (Wildman–Crippen MR) is 79.7 cm³/mol. The molecule has 0 saturated heterocycles. The molecular formula is C13H16N6O2. The minimum Gasteiger partial charge on any atom is -0.362 e. The summed E-state index contributed by atoms with van der Waals surface area (Å²) in [5.41, 5.74) is 0.667. The summed E-state index contributed by atoms with van der Waals surface area (Å²) in [6.45, 7) is 5.61. The van der Waals surface area contributed by atoms with Crippen molar-refractivity contribution in [3.63, 3.8) is 0 Å². The van der Waals surface area contributed by atoms with Gasteiger partial charge in [0.25, 0.3) is 0 Å². The normalized spacial score (nSPS) is 10.5. The first-order valence-corrected chi connectivity index (χ1v) is 6.43. The molecule has 2 rings (SSSR count). The van der Waals surface area contributed by atoms with Gasteiger partial charge in [0.15, 0.2) is 0 Å². The first kappa shape index (κ1) is 14.6. The molecule has 0 bridgehead atoms. The van der Waals surface area contributed by atoms with Crippen molar-refractivity contribution < 1.29 is 4.92 Å². The number of anilines is 3. The number of aromatic nitrogens is 3. The average Bonchev–Trinajstić information content (AvgIpc) is 2.40. The number of hydrogen-bond acceptors (Lipinski definition) is 7. The Bertz CT molecular complexity index is 659. The predicted octanol–water partition coefficient (Wildman–Crippen LogP) is 2.65. The highest BCUT2D eigenvalue weighted by atomic mass is 16.6. The third-order valence-electron chi connectivity index (χ3n) is 2.68. The van der Waals surface area contributed by atoms with E-state index in [-0.39, 0.29) is 23.4 Å². The Morgan fingerprint density at radius 1 is 1.19 bits per heavy atom. The average molecular weight is 288 g/mol. The molecule has 2 heterocycles. The van der Waals surface area contributed by atoms with Gasteiger partial charge < -0.3 is 10.6 Å². The smallest absolute Gasteiger partial charge is 0.353 e. The number of pyridine rings is 1. The topological polar surface area (TPSA) is 106 Å². The molecule has 0 unspecified atom stereocenters. The zero-order valence-electron chi connectivity index (χ0n) is 12.0. The third kappa shape index (κ3) is 3.41. The number of nitrogens with one attached hydrogen (secondary N) is 2. The van der Waals surface area contributed by atoms with Crippen LogP contribution in [0.2, 0.25) is 0 Å². The molecule has 0 radical (unpaired) electrons. The number of hydrogen-bond donors (Lipinski definition) is 2. The molecular weight excluding hydrogens is 272 g/mol. The van der Waals surface area contributed by atoms with Gasteiger partial charge in [-0.05, 0) is 32.4 Å². The van der Waals surface area contributed by atoms with Crippen LogP contribution in [0.15, 0.2) is 24.7 Å². The summed E-state index contributed by atoms with van der Waals surface area (Å²) in [5, 5.41) is 17.2. The van der Waals surface area contributed by atoms with Crippen LogP contribution in [-0.4, -0.2) is 25.9 Å². The zero-order valence-corrected chi connectivity index (χ0v) is 12.0. The number of nitrogens with zero attached hydrogens (tertiary/aromatic N) is 4. The van der Waals surface area contributed by atoms with Crippen LogP contribution in [0.3, 0.4) is 0 Å². The van der Waals surface area contributed by atoms with Crippen LogP contribution < -0.4 is 10.6 Å². The van der Waals surface area contributed by atoms with Crippen molar-refractivity contribution in [3.05, 3.63) is 40.3 Å². The van der Waals surface area contributed by atoms with Crippen LogP contribution in [0, 0.1) is 17.0 Å². The molecule has 2 aromatic heterocycles. The van der Waals surface area contributed by atoms with Crippen molar-refractivity contribution in [1.29, 1.82) is 0 Å². The summed E-state index contributed by atoms with van der Waals surface area (Å²) in [5.74, 6) is 0.816. The van der Waals surface area contributed by atoms with Crippen LogP contribution >= 0.6 is 0 Å². The van der Waals surface area contributed by atoms with E-state index >= 15 is 0 Å². The molecule has 0 aromatic carbocycles. The van der Waals surface area contributed by atoms with Crippen LogP contribution in [0.1, 0.15) is 19.4 Å². The Balaban J connectivity index is 2.44. The van der Waals surface area contributed by atoms with Gasteiger partial charge in [-0.2, -0.15) is 0 Å². The highest BCUT2D eigenvalue weighted by Crippen LogP contribution is 2.31. The van der Waals surface area contributed by atoms with E-state index in [4.69, 9.17) is 0 Å². The van der Waals surface area contributed by atoms with Gasteiger partial charge in [0.2, 0.25) is 11.6 Å². The summed E-state index contributed by atoms with van der Waals surface area (Å²) < 4.78 is 0. The van der Waals surface area contributed by atoms with E-state index in [2.05, 4.69) is 25.6 Å². The van der Waals surface area contributed by atoms with Crippen LogP contribution in [0.4, 0.5) is 23.1 Å². The van der Waals surface area contributed by atoms with Gasteiger partial charge in [0.1, 0.15) is 12.1 Å². The Kier molecular flexibility index (Phi) is 4.27. The van der Waals surface area contributed by atoms with Gasteiger partial charge in [0.05, 0.1) is 4.92 Å². The molecule has 0 aliphatic heterocycles. The molecule has 8 nitrogen and oxygen atoms in total. The highest BCUT2D eigenvalue weighted by Gasteiger charge is 2.24. The van der Waals surface area contributed by atoms with E-state index in [1.807, 2.05) is 26.8 Å². The van der Waals surface area contributed by atoms with Gasteiger partial charge in [-0.25, -0.2) is 15.0 Å². The van der Waals surface area contributed by atoms with E-state index in [1.54, 1.807) is 12.3 Å². The molecule has 0 amide bonds. The maximum absolute atomic E-state index is 11.3. The van der Waals surface area contributed by atoms with Crippen LogP contribution in [0.25, 0.3) is 0 Å². The molecule has 21 heavy (non-hydrogen) atoms. The molecule has 2 N–H and O–H groups in total. The minimum absolute atomic E-state index is 0.0167. The largest absolute Gasteiger partial charge is 0.362 e. The molecule has 0 saturated carbocycles. The Labute approximate surface area is 121 Å². The standard InChI is InChI=1S/C13H16N6O2/c1-8(2)17-12-10(19(20)21)13(16-7-15-12)18-11-9(3)5-4-6-14-11/h4-8H,1-3H3,(H2,14,15,16,17,18). The summed E-state index contributed by atoms with van der Waals surface area (Å²) in [6, 6.07) is 3.67. The summed E-state index contributed by atoms with van der Waals surface area (Å²) in [7, 11) is 0. The van der Waals surface area contributed by atoms with E-state index in [0.29, 0.717) is 5.82 Å². The van der Waals surface area contributed by atoms with Crippen molar-refractivity contribution >= 4 is 23.1 Å². The lowest BCUT2D eigenvalue weighted by atomic mass is 10.3. The summed E-state index contributed by atoms with van der Waals surface area (Å²) >= 11 is 0. The van der Waals surface area contributed by atoms with Gasteiger partial charge >= 0.3 is 5.69 Å². The molecule has 2 aromatic rings. The lowest BCUT2D eigenvalue weighted by Crippen LogP contribution is -2.14. The second-order valence-electron chi connectivity index (χ2n) is 4.77. The number of rotatable bonds is 5. The lowest BCUT2D eigenvalue weighted by Gasteiger charge is -2.12. The van der Waals surface area contributed by atoms with Gasteiger partial charge in [-0.15, -0.1) is 0 Å². The molecule has 0 fully saturated rings. The second kappa shape index (κ2) is 6.12. The molecule has 0 aliphatic carbocycles. The third-order valence-corrected chi connectivity index (χ3v) is 2.68. The molecule has 0 aliphatic rings. The maximum Gasteiger partial charge on any atom is 0.353 e. The zero-order chi connectivity index (χ0) is 15.4. The fraction of sp³-hybridized carbons (Fsp3) is 0.308. The van der Waals surface area contributed by atoms with Crippen molar-refractivity contribution in [2.45, 2.75) is 26.8 Å². The van der Waals surface area contributed by atoms with Crippen molar-refractivity contribution in [2.75, 3.05) is 10.6 Å². The fourth-order valence-corrected chi connectivity index (χ4v) is 1.75. The summed E-state index contributed by atoms with van der Waals surface area (Å²) in [4.78, 5) is 22.9. The lowest BCUT2D eigenvalue weighted by molar-refractivity contribution is -0.383.